The fraction of sp³-hybridized carbons (Fsp3) is 0.353. The van der Waals surface area contributed by atoms with Gasteiger partial charge in [0, 0.05) is 39.8 Å². The van der Waals surface area contributed by atoms with Crippen LogP contribution in [-0.2, 0) is 17.1 Å². The molecule has 1 aliphatic rings. The topological polar surface area (TPSA) is 58.4 Å². The Morgan fingerprint density at radius 3 is 2.44 bits per heavy atom. The van der Waals surface area contributed by atoms with Crippen LogP contribution in [0.1, 0.15) is 5.56 Å². The third-order valence-electron chi connectivity index (χ3n) is 4.22. The molecule has 134 valence electrons. The van der Waals surface area contributed by atoms with Crippen molar-refractivity contribution < 1.29 is 8.42 Å². The predicted molar refractivity (Wildman–Crippen MR) is 98.9 cm³/mol. The first kappa shape index (κ1) is 18.1. The molecule has 0 aliphatic carbocycles. The van der Waals surface area contributed by atoms with E-state index in [9.17, 15) is 8.42 Å². The van der Waals surface area contributed by atoms with E-state index in [1.807, 2.05) is 18.2 Å². The summed E-state index contributed by atoms with van der Waals surface area (Å²) < 4.78 is 28.3. The van der Waals surface area contributed by atoms with Crippen molar-refractivity contribution in [1.29, 1.82) is 0 Å². The van der Waals surface area contributed by atoms with Crippen molar-refractivity contribution in [2.45, 2.75) is 5.03 Å². The van der Waals surface area contributed by atoms with Crippen molar-refractivity contribution in [1.82, 2.24) is 18.8 Å². The number of piperazine rings is 1. The number of rotatable bonds is 5. The van der Waals surface area contributed by atoms with Crippen LogP contribution in [0.15, 0.2) is 47.8 Å². The van der Waals surface area contributed by atoms with Gasteiger partial charge in [-0.2, -0.15) is 4.31 Å². The molecule has 2 aromatic rings. The molecule has 25 heavy (non-hydrogen) atoms. The molecule has 0 amide bonds. The number of halogens is 1. The minimum Gasteiger partial charge on any atom is -0.324 e. The maximum atomic E-state index is 12.7. The summed E-state index contributed by atoms with van der Waals surface area (Å²) in [7, 11) is -1.96. The Morgan fingerprint density at radius 1 is 1.16 bits per heavy atom. The second-order valence-corrected chi connectivity index (χ2v) is 8.18. The van der Waals surface area contributed by atoms with Crippen molar-refractivity contribution in [3.05, 3.63) is 53.5 Å². The van der Waals surface area contributed by atoms with Crippen LogP contribution in [0.4, 0.5) is 0 Å². The molecule has 1 aromatic heterocycles. The predicted octanol–water partition coefficient (Wildman–Crippen LogP) is 2.09. The number of aromatic nitrogens is 2. The Labute approximate surface area is 153 Å². The number of benzene rings is 1. The first-order valence-corrected chi connectivity index (χ1v) is 9.91. The largest absolute Gasteiger partial charge is 0.324 e. The third kappa shape index (κ3) is 4.12. The van der Waals surface area contributed by atoms with Crippen LogP contribution in [0.5, 0.6) is 0 Å². The Balaban J connectivity index is 1.56. The zero-order chi connectivity index (χ0) is 17.9. The zero-order valence-electron chi connectivity index (χ0n) is 14.0. The quantitative estimate of drug-likeness (QED) is 0.797. The highest BCUT2D eigenvalue weighted by Crippen LogP contribution is 2.23. The molecule has 1 saturated heterocycles. The number of imidazole rings is 1. The van der Waals surface area contributed by atoms with E-state index in [4.69, 9.17) is 11.6 Å². The van der Waals surface area contributed by atoms with Crippen LogP contribution in [0.25, 0.3) is 6.08 Å². The number of aryl methyl sites for hydroxylation is 1. The van der Waals surface area contributed by atoms with Gasteiger partial charge in [-0.3, -0.25) is 4.90 Å². The average molecular weight is 381 g/mol. The first-order chi connectivity index (χ1) is 12.0. The van der Waals surface area contributed by atoms with Crippen molar-refractivity contribution >= 4 is 27.7 Å². The lowest BCUT2D eigenvalue weighted by atomic mass is 10.2. The van der Waals surface area contributed by atoms with Crippen LogP contribution < -0.4 is 0 Å². The summed E-state index contributed by atoms with van der Waals surface area (Å²) in [5, 5.41) is 0.0855. The summed E-state index contributed by atoms with van der Waals surface area (Å²) in [6, 6.07) is 10.1. The molecule has 1 aromatic carbocycles. The van der Waals surface area contributed by atoms with Gasteiger partial charge in [0.2, 0.25) is 5.03 Å². The molecule has 3 rings (SSSR count). The van der Waals surface area contributed by atoms with Gasteiger partial charge in [-0.1, -0.05) is 54.1 Å². The summed E-state index contributed by atoms with van der Waals surface area (Å²) in [6.45, 7) is 3.04. The second-order valence-electron chi connectivity index (χ2n) is 5.97. The van der Waals surface area contributed by atoms with Gasteiger partial charge < -0.3 is 4.57 Å². The molecule has 0 radical (unpaired) electrons. The maximum Gasteiger partial charge on any atom is 0.263 e. The highest BCUT2D eigenvalue weighted by Gasteiger charge is 2.32. The maximum absolute atomic E-state index is 12.7. The number of hydrogen-bond donors (Lipinski definition) is 0. The highest BCUT2D eigenvalue weighted by molar-refractivity contribution is 7.89. The highest BCUT2D eigenvalue weighted by atomic mass is 35.5. The van der Waals surface area contributed by atoms with Gasteiger partial charge in [0.1, 0.15) is 5.15 Å². The number of hydrogen-bond acceptors (Lipinski definition) is 4. The summed E-state index contributed by atoms with van der Waals surface area (Å²) in [6.07, 6.45) is 5.60. The van der Waals surface area contributed by atoms with Crippen molar-refractivity contribution in [3.8, 4) is 0 Å². The van der Waals surface area contributed by atoms with Gasteiger partial charge in [-0.05, 0) is 5.56 Å². The van der Waals surface area contributed by atoms with Gasteiger partial charge in [0.15, 0.2) is 0 Å². The second kappa shape index (κ2) is 7.70. The van der Waals surface area contributed by atoms with Gasteiger partial charge in [-0.15, -0.1) is 0 Å². The van der Waals surface area contributed by atoms with Crippen molar-refractivity contribution in [2.24, 2.45) is 7.05 Å². The zero-order valence-corrected chi connectivity index (χ0v) is 15.6. The smallest absolute Gasteiger partial charge is 0.263 e. The van der Waals surface area contributed by atoms with E-state index in [1.54, 1.807) is 7.05 Å². The van der Waals surface area contributed by atoms with Crippen LogP contribution in [0, 0.1) is 0 Å². The van der Waals surface area contributed by atoms with Gasteiger partial charge in [-0.25, -0.2) is 13.4 Å². The van der Waals surface area contributed by atoms with E-state index >= 15 is 0 Å². The molecule has 0 unspecified atom stereocenters. The molecule has 0 bridgehead atoms. The molecule has 1 aliphatic heterocycles. The Hall–Kier alpha value is -1.67. The Kier molecular flexibility index (Phi) is 5.58. The van der Waals surface area contributed by atoms with Crippen LogP contribution in [0.2, 0.25) is 5.15 Å². The van der Waals surface area contributed by atoms with Crippen LogP contribution in [-0.4, -0.2) is 59.9 Å². The minimum atomic E-state index is -3.63. The summed E-state index contributed by atoms with van der Waals surface area (Å²) >= 11 is 6.04. The third-order valence-corrected chi connectivity index (χ3v) is 6.61. The molecule has 0 saturated carbocycles. The van der Waals surface area contributed by atoms with Gasteiger partial charge in [0.05, 0.1) is 6.33 Å². The Bertz CT molecular complexity index is 841. The van der Waals surface area contributed by atoms with Crippen molar-refractivity contribution in [2.75, 3.05) is 32.7 Å². The molecular weight excluding hydrogens is 360 g/mol. The molecule has 6 nitrogen and oxygen atoms in total. The molecular formula is C17H21ClN4O2S. The van der Waals surface area contributed by atoms with E-state index in [0.29, 0.717) is 26.2 Å². The number of sulfonamides is 1. The molecule has 0 atom stereocenters. The van der Waals surface area contributed by atoms with E-state index in [1.165, 1.54) is 15.2 Å². The van der Waals surface area contributed by atoms with Gasteiger partial charge in [0.25, 0.3) is 10.0 Å². The van der Waals surface area contributed by atoms with Gasteiger partial charge >= 0.3 is 0 Å². The lowest BCUT2D eigenvalue weighted by molar-refractivity contribution is 0.204. The molecule has 2 heterocycles. The monoisotopic (exact) mass is 380 g/mol. The fourth-order valence-corrected chi connectivity index (χ4v) is 4.55. The van der Waals surface area contributed by atoms with Crippen LogP contribution in [0.3, 0.4) is 0 Å². The molecule has 8 heteroatoms. The Morgan fingerprint density at radius 2 is 1.84 bits per heavy atom. The minimum absolute atomic E-state index is 0.0610. The summed E-state index contributed by atoms with van der Waals surface area (Å²) in [5.41, 5.74) is 1.16. The van der Waals surface area contributed by atoms with E-state index in [2.05, 4.69) is 34.2 Å². The fourth-order valence-electron chi connectivity index (χ4n) is 2.74. The van der Waals surface area contributed by atoms with E-state index in [-0.39, 0.29) is 10.2 Å². The lowest BCUT2D eigenvalue weighted by Gasteiger charge is -2.32. The normalized spacial score (nSPS) is 17.4. The van der Waals surface area contributed by atoms with E-state index in [0.717, 1.165) is 12.1 Å². The lowest BCUT2D eigenvalue weighted by Crippen LogP contribution is -2.48. The molecule has 1 fully saturated rings. The SMILES string of the molecule is Cn1cnc(S(=O)(=O)N2CCN(C/C=C/c3ccccc3)CC2)c1Cl. The van der Waals surface area contributed by atoms with E-state index < -0.39 is 10.0 Å². The summed E-state index contributed by atoms with van der Waals surface area (Å²) in [5.74, 6) is 0. The number of nitrogens with zero attached hydrogens (tertiary/aromatic N) is 4. The average Bonchev–Trinajstić information content (AvgIpc) is 2.96. The summed E-state index contributed by atoms with van der Waals surface area (Å²) in [4.78, 5) is 6.17. The molecule has 0 N–H and O–H groups in total. The molecule has 0 spiro atoms. The van der Waals surface area contributed by atoms with Crippen molar-refractivity contribution in [3.63, 3.8) is 0 Å². The first-order valence-electron chi connectivity index (χ1n) is 8.09. The van der Waals surface area contributed by atoms with Crippen LogP contribution >= 0.6 is 11.6 Å². The standard InChI is InChI=1S/C17H21ClN4O2S/c1-20-14-19-17(16(20)18)25(23,24)22-12-10-21(11-13-22)9-5-8-15-6-3-2-4-7-15/h2-8,14H,9-13H2,1H3/b8-5+.